The molecule has 1 heterocycles. The summed E-state index contributed by atoms with van der Waals surface area (Å²) in [6.07, 6.45) is 1.20. The summed E-state index contributed by atoms with van der Waals surface area (Å²) in [5.41, 5.74) is 1.07. The van der Waals surface area contributed by atoms with E-state index in [4.69, 9.17) is 4.74 Å². The average molecular weight is 304 g/mol. The molecule has 2 aliphatic rings. The van der Waals surface area contributed by atoms with E-state index in [-0.39, 0.29) is 36.1 Å². The van der Waals surface area contributed by atoms with Crippen LogP contribution in [0.2, 0.25) is 0 Å². The maximum Gasteiger partial charge on any atom is 0.237 e. The van der Waals surface area contributed by atoms with E-state index < -0.39 is 0 Å². The number of rotatable bonds is 6. The number of aliphatic hydroxyl groups excluding tert-OH is 1. The summed E-state index contributed by atoms with van der Waals surface area (Å²) < 4.78 is 5.74. The van der Waals surface area contributed by atoms with Crippen molar-refractivity contribution in [3.63, 3.8) is 0 Å². The zero-order valence-corrected chi connectivity index (χ0v) is 12.9. The van der Waals surface area contributed by atoms with Crippen LogP contribution < -0.4 is 10.6 Å². The van der Waals surface area contributed by atoms with Gasteiger partial charge < -0.3 is 20.5 Å². The van der Waals surface area contributed by atoms with Gasteiger partial charge in [-0.15, -0.1) is 0 Å². The van der Waals surface area contributed by atoms with Gasteiger partial charge in [-0.2, -0.15) is 0 Å². The van der Waals surface area contributed by atoms with Gasteiger partial charge in [-0.05, 0) is 31.2 Å². The highest BCUT2D eigenvalue weighted by molar-refractivity contribution is 5.82. The lowest BCUT2D eigenvalue weighted by atomic mass is 9.98. The largest absolute Gasteiger partial charge is 0.391 e. The number of amides is 1. The van der Waals surface area contributed by atoms with Gasteiger partial charge in [-0.1, -0.05) is 30.3 Å². The fourth-order valence-corrected chi connectivity index (χ4v) is 3.61. The molecule has 0 aromatic heterocycles. The van der Waals surface area contributed by atoms with Crippen molar-refractivity contribution in [2.45, 2.75) is 44.1 Å². The molecule has 1 saturated heterocycles. The molecule has 0 radical (unpaired) electrons. The molecule has 1 amide bonds. The third kappa shape index (κ3) is 3.16. The van der Waals surface area contributed by atoms with E-state index >= 15 is 0 Å². The van der Waals surface area contributed by atoms with Crippen LogP contribution in [0.25, 0.3) is 0 Å². The Kier molecular flexibility index (Phi) is 4.76. The summed E-state index contributed by atoms with van der Waals surface area (Å²) in [5, 5.41) is 16.0. The average Bonchev–Trinajstić information content (AvgIpc) is 3.11. The minimum Gasteiger partial charge on any atom is -0.391 e. The van der Waals surface area contributed by atoms with E-state index in [1.165, 1.54) is 0 Å². The predicted molar refractivity (Wildman–Crippen MR) is 83.3 cm³/mol. The van der Waals surface area contributed by atoms with Crippen molar-refractivity contribution in [2.75, 3.05) is 13.2 Å². The minimum atomic E-state index is -0.297. The van der Waals surface area contributed by atoms with Crippen molar-refractivity contribution >= 4 is 5.91 Å². The maximum atomic E-state index is 12.4. The summed E-state index contributed by atoms with van der Waals surface area (Å²) in [4.78, 5) is 12.4. The molecule has 0 spiro atoms. The van der Waals surface area contributed by atoms with E-state index in [9.17, 15) is 9.90 Å². The summed E-state index contributed by atoms with van der Waals surface area (Å²) in [6, 6.07) is 9.85. The summed E-state index contributed by atoms with van der Waals surface area (Å²) in [7, 11) is 0. The fourth-order valence-electron chi connectivity index (χ4n) is 3.61. The van der Waals surface area contributed by atoms with Crippen molar-refractivity contribution in [3.8, 4) is 0 Å². The lowest BCUT2D eigenvalue weighted by molar-refractivity contribution is -0.125. The molecule has 120 valence electrons. The van der Waals surface area contributed by atoms with Crippen LogP contribution in [0.15, 0.2) is 30.3 Å². The normalized spacial score (nSPS) is 31.2. The third-order valence-corrected chi connectivity index (χ3v) is 4.71. The second-order valence-corrected chi connectivity index (χ2v) is 6.15. The first-order chi connectivity index (χ1) is 10.7. The number of carbonyl (C=O) groups excluding carboxylic acids is 1. The second kappa shape index (κ2) is 6.77. The maximum absolute atomic E-state index is 12.4. The van der Waals surface area contributed by atoms with Crippen molar-refractivity contribution in [2.24, 2.45) is 5.92 Å². The molecule has 22 heavy (non-hydrogen) atoms. The number of carbonyl (C=O) groups is 1. The van der Waals surface area contributed by atoms with Gasteiger partial charge in [0.25, 0.3) is 0 Å². The van der Waals surface area contributed by atoms with E-state index in [2.05, 4.69) is 10.6 Å². The standard InChI is InChI=1S/C17H24N2O3/c1-2-22-15(11-6-4-3-5-7-11)10-18-17(21)16-12-8-13(19-16)14(20)9-12/h3-7,12-16,19-20H,2,8-10H2,1H3,(H,18,21)/t12-,13+,14+,15?,16+/m0/s1. The van der Waals surface area contributed by atoms with Crippen LogP contribution >= 0.6 is 0 Å². The van der Waals surface area contributed by atoms with Gasteiger partial charge in [-0.3, -0.25) is 4.79 Å². The van der Waals surface area contributed by atoms with Crippen LogP contribution in [0.4, 0.5) is 0 Å². The lowest BCUT2D eigenvalue weighted by Gasteiger charge is -2.26. The van der Waals surface area contributed by atoms with Crippen molar-refractivity contribution in [1.82, 2.24) is 10.6 Å². The monoisotopic (exact) mass is 304 g/mol. The van der Waals surface area contributed by atoms with Gasteiger partial charge in [0, 0.05) is 19.2 Å². The molecule has 1 aliphatic heterocycles. The van der Waals surface area contributed by atoms with Crippen molar-refractivity contribution in [1.29, 1.82) is 0 Å². The van der Waals surface area contributed by atoms with Gasteiger partial charge in [0.1, 0.15) is 0 Å². The first-order valence-electron chi connectivity index (χ1n) is 8.07. The number of hydrogen-bond donors (Lipinski definition) is 3. The molecule has 1 unspecified atom stereocenters. The SMILES string of the molecule is CCOC(CNC(=O)[C@@H]1N[C@@H]2C[C@H]1C[C@H]2O)c1ccccc1. The summed E-state index contributed by atoms with van der Waals surface area (Å²) in [5.74, 6) is 0.266. The fraction of sp³-hybridized carbons (Fsp3) is 0.588. The van der Waals surface area contributed by atoms with E-state index in [1.807, 2.05) is 37.3 Å². The predicted octanol–water partition coefficient (Wildman–Crippen LogP) is 0.992. The molecule has 5 atom stereocenters. The molecule has 1 aliphatic carbocycles. The first-order valence-corrected chi connectivity index (χ1v) is 8.07. The second-order valence-electron chi connectivity index (χ2n) is 6.15. The Morgan fingerprint density at radius 3 is 2.77 bits per heavy atom. The Labute approximate surface area is 131 Å². The molecule has 3 rings (SSSR count). The van der Waals surface area contributed by atoms with E-state index in [0.29, 0.717) is 13.2 Å². The van der Waals surface area contributed by atoms with Gasteiger partial charge in [-0.25, -0.2) is 0 Å². The van der Waals surface area contributed by atoms with E-state index in [1.54, 1.807) is 0 Å². The summed E-state index contributed by atoms with van der Waals surface area (Å²) in [6.45, 7) is 3.03. The molecule has 2 fully saturated rings. The smallest absolute Gasteiger partial charge is 0.237 e. The van der Waals surface area contributed by atoms with Gasteiger partial charge in [0.05, 0.1) is 18.2 Å². The number of ether oxygens (including phenoxy) is 1. The van der Waals surface area contributed by atoms with Crippen LogP contribution in [0, 0.1) is 5.92 Å². The molecule has 1 aromatic rings. The van der Waals surface area contributed by atoms with Gasteiger partial charge >= 0.3 is 0 Å². The van der Waals surface area contributed by atoms with Crippen LogP contribution in [-0.4, -0.2) is 42.4 Å². The molecule has 1 saturated carbocycles. The van der Waals surface area contributed by atoms with Crippen LogP contribution in [0.3, 0.4) is 0 Å². The number of hydrogen-bond acceptors (Lipinski definition) is 4. The zero-order chi connectivity index (χ0) is 15.5. The molecule has 3 N–H and O–H groups in total. The highest BCUT2D eigenvalue weighted by atomic mass is 16.5. The first kappa shape index (κ1) is 15.5. The molecule has 5 heteroatoms. The quantitative estimate of drug-likeness (QED) is 0.733. The Morgan fingerprint density at radius 2 is 2.18 bits per heavy atom. The van der Waals surface area contributed by atoms with Crippen LogP contribution in [0.1, 0.15) is 31.4 Å². The summed E-state index contributed by atoms with van der Waals surface area (Å²) >= 11 is 0. The Morgan fingerprint density at radius 1 is 1.41 bits per heavy atom. The minimum absolute atomic E-state index is 0.0139. The molecule has 5 nitrogen and oxygen atoms in total. The Hall–Kier alpha value is -1.43. The Balaban J connectivity index is 1.55. The number of piperidine rings is 1. The van der Waals surface area contributed by atoms with Crippen LogP contribution in [0.5, 0.6) is 0 Å². The molecule has 1 aromatic carbocycles. The number of aliphatic hydroxyl groups is 1. The molecule has 2 bridgehead atoms. The van der Waals surface area contributed by atoms with Gasteiger partial charge in [0.2, 0.25) is 5.91 Å². The highest BCUT2D eigenvalue weighted by Gasteiger charge is 2.47. The number of fused-ring (bicyclic) bond motifs is 2. The van der Waals surface area contributed by atoms with Crippen molar-refractivity contribution in [3.05, 3.63) is 35.9 Å². The topological polar surface area (TPSA) is 70.6 Å². The zero-order valence-electron chi connectivity index (χ0n) is 12.9. The highest BCUT2D eigenvalue weighted by Crippen LogP contribution is 2.35. The Bertz CT molecular complexity index is 506. The third-order valence-electron chi connectivity index (χ3n) is 4.71. The van der Waals surface area contributed by atoms with Crippen molar-refractivity contribution < 1.29 is 14.6 Å². The molecular formula is C17H24N2O3. The van der Waals surface area contributed by atoms with Crippen LogP contribution in [-0.2, 0) is 9.53 Å². The van der Waals surface area contributed by atoms with E-state index in [0.717, 1.165) is 18.4 Å². The molecular weight excluding hydrogens is 280 g/mol. The number of benzene rings is 1. The lowest BCUT2D eigenvalue weighted by Crippen LogP contribution is -2.51. The van der Waals surface area contributed by atoms with Gasteiger partial charge in [0.15, 0.2) is 0 Å². The number of nitrogens with one attached hydrogen (secondary N) is 2.